The van der Waals surface area contributed by atoms with Gasteiger partial charge in [-0.15, -0.1) is 0 Å². The third kappa shape index (κ3) is 2.09. The molecule has 2 unspecified atom stereocenters. The highest BCUT2D eigenvalue weighted by Gasteiger charge is 2.43. The predicted molar refractivity (Wildman–Crippen MR) is 61.7 cm³/mol. The first-order valence-corrected chi connectivity index (χ1v) is 6.24. The van der Waals surface area contributed by atoms with Gasteiger partial charge in [-0.2, -0.15) is 0 Å². The molecule has 0 aromatic carbocycles. The van der Waals surface area contributed by atoms with Crippen molar-refractivity contribution in [3.63, 3.8) is 0 Å². The summed E-state index contributed by atoms with van der Waals surface area (Å²) in [6.45, 7) is 2.66. The fourth-order valence-corrected chi connectivity index (χ4v) is 2.78. The summed E-state index contributed by atoms with van der Waals surface area (Å²) in [5.41, 5.74) is 5.62. The molecule has 0 aromatic rings. The molecule has 2 rings (SSSR count). The van der Waals surface area contributed by atoms with Crippen LogP contribution in [0.1, 0.15) is 39.0 Å². The lowest BCUT2D eigenvalue weighted by Crippen LogP contribution is -2.49. The van der Waals surface area contributed by atoms with E-state index in [-0.39, 0.29) is 23.5 Å². The van der Waals surface area contributed by atoms with Crippen molar-refractivity contribution in [2.45, 2.75) is 51.2 Å². The molecule has 2 fully saturated rings. The van der Waals surface area contributed by atoms with Crippen LogP contribution >= 0.6 is 0 Å². The third-order valence-corrected chi connectivity index (χ3v) is 4.31. The molecule has 0 heterocycles. The number of hydrogen-bond donors (Lipinski definition) is 3. The van der Waals surface area contributed by atoms with Crippen LogP contribution in [0.25, 0.3) is 0 Å². The predicted octanol–water partition coefficient (Wildman–Crippen LogP) is 0.391. The topological polar surface area (TPSA) is 75.3 Å². The molecule has 92 valence electrons. The second kappa shape index (κ2) is 4.34. The molecule has 0 radical (unpaired) electrons. The van der Waals surface area contributed by atoms with Gasteiger partial charge in [-0.25, -0.2) is 0 Å². The van der Waals surface area contributed by atoms with Gasteiger partial charge in [0.05, 0.1) is 11.5 Å². The minimum Gasteiger partial charge on any atom is -0.393 e. The van der Waals surface area contributed by atoms with Crippen LogP contribution in [0.4, 0.5) is 0 Å². The molecule has 0 bridgehead atoms. The minimum absolute atomic E-state index is 0.000481. The molecule has 0 saturated heterocycles. The molecule has 1 amide bonds. The van der Waals surface area contributed by atoms with E-state index >= 15 is 0 Å². The number of carbonyl (C=O) groups is 1. The first kappa shape index (κ1) is 11.9. The number of aliphatic hydroxyl groups is 1. The van der Waals surface area contributed by atoms with Crippen molar-refractivity contribution in [3.8, 4) is 0 Å². The van der Waals surface area contributed by atoms with Gasteiger partial charge in [-0.1, -0.05) is 6.42 Å². The quantitative estimate of drug-likeness (QED) is 0.651. The normalized spacial score (nSPS) is 42.8. The summed E-state index contributed by atoms with van der Waals surface area (Å²) in [4.78, 5) is 12.0. The van der Waals surface area contributed by atoms with Crippen molar-refractivity contribution < 1.29 is 9.90 Å². The molecule has 16 heavy (non-hydrogen) atoms. The summed E-state index contributed by atoms with van der Waals surface area (Å²) in [5, 5.41) is 12.1. The zero-order valence-corrected chi connectivity index (χ0v) is 9.91. The van der Waals surface area contributed by atoms with Gasteiger partial charge in [0.1, 0.15) is 0 Å². The number of carbonyl (C=O) groups excluding carboxylic acids is 1. The van der Waals surface area contributed by atoms with Crippen LogP contribution in [0, 0.1) is 11.3 Å². The van der Waals surface area contributed by atoms with Gasteiger partial charge in [-0.3, -0.25) is 4.79 Å². The van der Waals surface area contributed by atoms with Crippen LogP contribution in [0.5, 0.6) is 0 Å². The number of amides is 1. The summed E-state index contributed by atoms with van der Waals surface area (Å²) in [5.74, 6) is 0.555. The summed E-state index contributed by atoms with van der Waals surface area (Å²) < 4.78 is 0. The largest absolute Gasteiger partial charge is 0.393 e. The summed E-state index contributed by atoms with van der Waals surface area (Å²) >= 11 is 0. The van der Waals surface area contributed by atoms with E-state index < -0.39 is 0 Å². The number of nitrogens with two attached hydrogens (primary N) is 1. The van der Waals surface area contributed by atoms with Gasteiger partial charge in [0, 0.05) is 12.6 Å². The zero-order valence-electron chi connectivity index (χ0n) is 9.91. The Labute approximate surface area is 96.6 Å². The molecular weight excluding hydrogens is 204 g/mol. The Morgan fingerprint density at radius 3 is 2.75 bits per heavy atom. The maximum atomic E-state index is 12.0. The van der Waals surface area contributed by atoms with Crippen LogP contribution < -0.4 is 11.1 Å². The molecule has 4 N–H and O–H groups in total. The molecule has 2 aliphatic carbocycles. The molecule has 4 nitrogen and oxygen atoms in total. The van der Waals surface area contributed by atoms with Crippen molar-refractivity contribution in [3.05, 3.63) is 0 Å². The lowest BCUT2D eigenvalue weighted by Gasteiger charge is -2.33. The van der Waals surface area contributed by atoms with E-state index in [2.05, 4.69) is 5.32 Å². The Hall–Kier alpha value is -0.610. The fraction of sp³-hybridized carbons (Fsp3) is 0.917. The smallest absolute Gasteiger partial charge is 0.227 e. The number of hydrogen-bond acceptors (Lipinski definition) is 3. The highest BCUT2D eigenvalue weighted by Crippen LogP contribution is 2.37. The van der Waals surface area contributed by atoms with E-state index in [4.69, 9.17) is 10.8 Å². The van der Waals surface area contributed by atoms with Gasteiger partial charge >= 0.3 is 0 Å². The van der Waals surface area contributed by atoms with Crippen LogP contribution in [0.3, 0.4) is 0 Å². The molecule has 2 atom stereocenters. The standard InChI is InChI=1S/C12H22N2O2/c1-12(4-2-3-10(12)13)11(16)14-7-8-5-9(15)6-8/h8-10,15H,2-7,13H2,1H3,(H,14,16). The lowest BCUT2D eigenvalue weighted by atomic mass is 9.81. The van der Waals surface area contributed by atoms with Crippen molar-refractivity contribution in [1.82, 2.24) is 5.32 Å². The maximum absolute atomic E-state index is 12.0. The first-order valence-electron chi connectivity index (χ1n) is 6.24. The van der Waals surface area contributed by atoms with Crippen LogP contribution in [-0.4, -0.2) is 29.7 Å². The number of rotatable bonds is 3. The Kier molecular flexibility index (Phi) is 3.22. The fourth-order valence-electron chi connectivity index (χ4n) is 2.78. The molecular formula is C12H22N2O2. The van der Waals surface area contributed by atoms with Crippen molar-refractivity contribution in [2.75, 3.05) is 6.54 Å². The van der Waals surface area contributed by atoms with Gasteiger partial charge < -0.3 is 16.2 Å². The van der Waals surface area contributed by atoms with E-state index in [1.54, 1.807) is 0 Å². The lowest BCUT2D eigenvalue weighted by molar-refractivity contribution is -0.131. The Morgan fingerprint density at radius 1 is 1.56 bits per heavy atom. The van der Waals surface area contributed by atoms with Crippen LogP contribution in [0.2, 0.25) is 0 Å². The van der Waals surface area contributed by atoms with Gasteiger partial charge in [0.25, 0.3) is 0 Å². The van der Waals surface area contributed by atoms with Crippen LogP contribution in [-0.2, 0) is 4.79 Å². The van der Waals surface area contributed by atoms with E-state index in [9.17, 15) is 4.79 Å². The molecule has 0 aliphatic heterocycles. The third-order valence-electron chi connectivity index (χ3n) is 4.31. The molecule has 2 aliphatic rings. The zero-order chi connectivity index (χ0) is 11.8. The maximum Gasteiger partial charge on any atom is 0.227 e. The molecule has 2 saturated carbocycles. The van der Waals surface area contributed by atoms with Crippen LogP contribution in [0.15, 0.2) is 0 Å². The Morgan fingerprint density at radius 2 is 2.25 bits per heavy atom. The average Bonchev–Trinajstić information content (AvgIpc) is 2.53. The summed E-state index contributed by atoms with van der Waals surface area (Å²) in [7, 11) is 0. The first-order chi connectivity index (χ1) is 7.52. The molecule has 0 spiro atoms. The van der Waals surface area contributed by atoms with E-state index in [1.807, 2.05) is 6.92 Å². The van der Waals surface area contributed by atoms with Crippen molar-refractivity contribution in [1.29, 1.82) is 0 Å². The second-order valence-electron chi connectivity index (χ2n) is 5.62. The molecule has 0 aromatic heterocycles. The van der Waals surface area contributed by atoms with E-state index in [0.717, 1.165) is 32.1 Å². The monoisotopic (exact) mass is 226 g/mol. The molecule has 4 heteroatoms. The van der Waals surface area contributed by atoms with Crippen molar-refractivity contribution >= 4 is 5.91 Å². The van der Waals surface area contributed by atoms with Crippen molar-refractivity contribution in [2.24, 2.45) is 17.1 Å². The van der Waals surface area contributed by atoms with Gasteiger partial charge in [-0.05, 0) is 38.5 Å². The van der Waals surface area contributed by atoms with Gasteiger partial charge in [0.15, 0.2) is 0 Å². The average molecular weight is 226 g/mol. The summed E-state index contributed by atoms with van der Waals surface area (Å²) in [6, 6.07) is -0.000481. The second-order valence-corrected chi connectivity index (χ2v) is 5.62. The summed E-state index contributed by atoms with van der Waals surface area (Å²) in [6.07, 6.45) is 4.39. The Bertz CT molecular complexity index is 276. The number of aliphatic hydroxyl groups excluding tert-OH is 1. The SMILES string of the molecule is CC1(C(=O)NCC2CC(O)C2)CCCC1N. The minimum atomic E-state index is -0.373. The van der Waals surface area contributed by atoms with Gasteiger partial charge in [0.2, 0.25) is 5.91 Å². The van der Waals surface area contributed by atoms with E-state index in [0.29, 0.717) is 12.5 Å². The highest BCUT2D eigenvalue weighted by molar-refractivity contribution is 5.83. The number of nitrogens with one attached hydrogen (secondary N) is 1. The Balaban J connectivity index is 1.79. The van der Waals surface area contributed by atoms with E-state index in [1.165, 1.54) is 0 Å². The highest BCUT2D eigenvalue weighted by atomic mass is 16.3.